The van der Waals surface area contributed by atoms with Crippen LogP contribution in [0.15, 0.2) is 30.3 Å². The number of hydrogen-bond acceptors (Lipinski definition) is 5. The Bertz CT molecular complexity index is 789. The van der Waals surface area contributed by atoms with E-state index in [1.807, 2.05) is 24.3 Å². The zero-order valence-electron chi connectivity index (χ0n) is 14.6. The van der Waals surface area contributed by atoms with Gasteiger partial charge in [0.15, 0.2) is 11.5 Å². The van der Waals surface area contributed by atoms with Crippen LogP contribution in [0.5, 0.6) is 17.2 Å². The van der Waals surface area contributed by atoms with Gasteiger partial charge < -0.3 is 24.8 Å². The molecule has 132 valence electrons. The predicted octanol–water partition coefficient (Wildman–Crippen LogP) is 2.25. The summed E-state index contributed by atoms with van der Waals surface area (Å²) in [6.07, 6.45) is 0. The second-order valence-electron chi connectivity index (χ2n) is 5.79. The number of rotatable bonds is 6. The van der Waals surface area contributed by atoms with Gasteiger partial charge in [-0.15, -0.1) is 0 Å². The van der Waals surface area contributed by atoms with E-state index in [1.54, 1.807) is 27.4 Å². The zero-order chi connectivity index (χ0) is 17.8. The summed E-state index contributed by atoms with van der Waals surface area (Å²) in [6.45, 7) is 2.00. The molecular formula is C19H22N2O4. The van der Waals surface area contributed by atoms with E-state index in [0.717, 1.165) is 18.7 Å². The van der Waals surface area contributed by atoms with Gasteiger partial charge in [-0.25, -0.2) is 0 Å². The number of benzene rings is 2. The van der Waals surface area contributed by atoms with E-state index in [2.05, 4.69) is 10.6 Å². The number of ether oxygens (including phenoxy) is 3. The molecule has 0 saturated carbocycles. The molecule has 6 nitrogen and oxygen atoms in total. The summed E-state index contributed by atoms with van der Waals surface area (Å²) in [4.78, 5) is 12.5. The summed E-state index contributed by atoms with van der Waals surface area (Å²) in [7, 11) is 4.73. The van der Waals surface area contributed by atoms with E-state index in [0.29, 0.717) is 29.4 Å². The summed E-state index contributed by atoms with van der Waals surface area (Å²) in [6, 6.07) is 9.36. The lowest BCUT2D eigenvalue weighted by Gasteiger charge is -2.14. The van der Waals surface area contributed by atoms with Crippen molar-refractivity contribution in [2.45, 2.75) is 19.6 Å². The highest BCUT2D eigenvalue weighted by molar-refractivity contribution is 5.94. The van der Waals surface area contributed by atoms with Crippen molar-refractivity contribution < 1.29 is 19.0 Å². The van der Waals surface area contributed by atoms with Crippen LogP contribution >= 0.6 is 0 Å². The van der Waals surface area contributed by atoms with E-state index in [1.165, 1.54) is 11.1 Å². The number of nitrogens with one attached hydrogen (secondary N) is 2. The predicted molar refractivity (Wildman–Crippen MR) is 94.3 cm³/mol. The number of carbonyl (C=O) groups excluding carboxylic acids is 1. The smallest absolute Gasteiger partial charge is 0.251 e. The van der Waals surface area contributed by atoms with Gasteiger partial charge in [-0.1, -0.05) is 6.07 Å². The molecular weight excluding hydrogens is 320 g/mol. The van der Waals surface area contributed by atoms with Crippen LogP contribution in [-0.4, -0.2) is 27.2 Å². The molecule has 0 aliphatic carbocycles. The van der Waals surface area contributed by atoms with Gasteiger partial charge in [0.2, 0.25) is 0 Å². The molecule has 0 radical (unpaired) electrons. The zero-order valence-corrected chi connectivity index (χ0v) is 14.6. The fourth-order valence-electron chi connectivity index (χ4n) is 2.94. The summed E-state index contributed by atoms with van der Waals surface area (Å²) in [5, 5.41) is 6.21. The van der Waals surface area contributed by atoms with Crippen molar-refractivity contribution in [1.82, 2.24) is 10.6 Å². The third kappa shape index (κ3) is 3.53. The van der Waals surface area contributed by atoms with E-state index in [-0.39, 0.29) is 5.91 Å². The quantitative estimate of drug-likeness (QED) is 0.843. The Morgan fingerprint density at radius 1 is 0.960 bits per heavy atom. The monoisotopic (exact) mass is 342 g/mol. The van der Waals surface area contributed by atoms with Crippen molar-refractivity contribution >= 4 is 5.91 Å². The van der Waals surface area contributed by atoms with Gasteiger partial charge in [0, 0.05) is 36.8 Å². The minimum atomic E-state index is -0.119. The highest BCUT2D eigenvalue weighted by atomic mass is 16.5. The third-order valence-corrected chi connectivity index (χ3v) is 4.33. The van der Waals surface area contributed by atoms with Crippen molar-refractivity contribution in [2.24, 2.45) is 0 Å². The fourth-order valence-corrected chi connectivity index (χ4v) is 2.94. The Kier molecular flexibility index (Phi) is 5.09. The van der Waals surface area contributed by atoms with E-state index < -0.39 is 0 Å². The largest absolute Gasteiger partial charge is 0.496 e. The molecule has 1 heterocycles. The maximum atomic E-state index is 12.5. The molecule has 25 heavy (non-hydrogen) atoms. The van der Waals surface area contributed by atoms with Crippen LogP contribution < -0.4 is 24.8 Å². The molecule has 0 bridgehead atoms. The number of carbonyl (C=O) groups is 1. The Morgan fingerprint density at radius 2 is 1.64 bits per heavy atom. The lowest BCUT2D eigenvalue weighted by molar-refractivity contribution is 0.0950. The molecule has 1 aliphatic rings. The van der Waals surface area contributed by atoms with Crippen molar-refractivity contribution in [1.29, 1.82) is 0 Å². The van der Waals surface area contributed by atoms with Gasteiger partial charge in [-0.3, -0.25) is 4.79 Å². The van der Waals surface area contributed by atoms with E-state index >= 15 is 0 Å². The van der Waals surface area contributed by atoms with E-state index in [9.17, 15) is 4.79 Å². The summed E-state index contributed by atoms with van der Waals surface area (Å²) < 4.78 is 16.0. The SMILES string of the molecule is COc1cc(OC)c(OC)cc1CNC(=O)c1ccc2c(c1)CNC2. The summed E-state index contributed by atoms with van der Waals surface area (Å²) >= 11 is 0. The Hall–Kier alpha value is -2.73. The van der Waals surface area contributed by atoms with Crippen LogP contribution in [-0.2, 0) is 19.6 Å². The van der Waals surface area contributed by atoms with Gasteiger partial charge in [-0.2, -0.15) is 0 Å². The molecule has 1 amide bonds. The summed E-state index contributed by atoms with van der Waals surface area (Å²) in [5.74, 6) is 1.69. The maximum absolute atomic E-state index is 12.5. The van der Waals surface area contributed by atoms with Gasteiger partial charge in [0.25, 0.3) is 5.91 Å². The second kappa shape index (κ2) is 7.44. The van der Waals surface area contributed by atoms with Crippen LogP contribution in [0.1, 0.15) is 27.0 Å². The third-order valence-electron chi connectivity index (χ3n) is 4.33. The standard InChI is InChI=1S/C19H22N2O4/c1-23-16-8-18(25-3)17(24-2)7-15(16)11-21-19(22)12-4-5-13-9-20-10-14(13)6-12/h4-8,20H,9-11H2,1-3H3,(H,21,22). The highest BCUT2D eigenvalue weighted by Gasteiger charge is 2.15. The average Bonchev–Trinajstić information content (AvgIpc) is 3.12. The normalized spacial score (nSPS) is 12.4. The first-order chi connectivity index (χ1) is 12.2. The molecule has 0 aromatic heterocycles. The summed E-state index contributed by atoms with van der Waals surface area (Å²) in [5.41, 5.74) is 3.90. The van der Waals surface area contributed by atoms with Crippen molar-refractivity contribution in [3.05, 3.63) is 52.6 Å². The topological polar surface area (TPSA) is 68.8 Å². The number of methoxy groups -OCH3 is 3. The van der Waals surface area contributed by atoms with Crippen LogP contribution in [0.25, 0.3) is 0 Å². The Morgan fingerprint density at radius 3 is 2.36 bits per heavy atom. The fraction of sp³-hybridized carbons (Fsp3) is 0.316. The molecule has 3 rings (SSSR count). The van der Waals surface area contributed by atoms with E-state index in [4.69, 9.17) is 14.2 Å². The first kappa shape index (κ1) is 17.1. The highest BCUT2D eigenvalue weighted by Crippen LogP contribution is 2.34. The first-order valence-electron chi connectivity index (χ1n) is 8.06. The van der Waals surface area contributed by atoms with Gasteiger partial charge >= 0.3 is 0 Å². The molecule has 2 N–H and O–H groups in total. The molecule has 2 aromatic carbocycles. The number of hydrogen-bond donors (Lipinski definition) is 2. The second-order valence-corrected chi connectivity index (χ2v) is 5.79. The van der Waals surface area contributed by atoms with Crippen molar-refractivity contribution in [3.63, 3.8) is 0 Å². The molecule has 1 aliphatic heterocycles. The van der Waals surface area contributed by atoms with Crippen LogP contribution in [0, 0.1) is 0 Å². The van der Waals surface area contributed by atoms with Gasteiger partial charge in [0.1, 0.15) is 5.75 Å². The van der Waals surface area contributed by atoms with Crippen LogP contribution in [0.3, 0.4) is 0 Å². The Balaban J connectivity index is 1.75. The van der Waals surface area contributed by atoms with Crippen molar-refractivity contribution in [2.75, 3.05) is 21.3 Å². The number of fused-ring (bicyclic) bond motifs is 1. The van der Waals surface area contributed by atoms with Crippen molar-refractivity contribution in [3.8, 4) is 17.2 Å². The Labute approximate surface area is 147 Å². The molecule has 0 spiro atoms. The average molecular weight is 342 g/mol. The minimum Gasteiger partial charge on any atom is -0.496 e. The van der Waals surface area contributed by atoms with Gasteiger partial charge in [-0.05, 0) is 29.3 Å². The molecule has 0 atom stereocenters. The van der Waals surface area contributed by atoms with Crippen LogP contribution in [0.2, 0.25) is 0 Å². The molecule has 0 fully saturated rings. The first-order valence-corrected chi connectivity index (χ1v) is 8.06. The lowest BCUT2D eigenvalue weighted by atomic mass is 10.1. The van der Waals surface area contributed by atoms with Crippen LogP contribution in [0.4, 0.5) is 0 Å². The number of amides is 1. The molecule has 2 aromatic rings. The lowest BCUT2D eigenvalue weighted by Crippen LogP contribution is -2.23. The van der Waals surface area contributed by atoms with Gasteiger partial charge in [0.05, 0.1) is 21.3 Å². The maximum Gasteiger partial charge on any atom is 0.251 e. The molecule has 6 heteroatoms. The molecule has 0 saturated heterocycles. The minimum absolute atomic E-state index is 0.119. The molecule has 0 unspecified atom stereocenters.